The summed E-state index contributed by atoms with van der Waals surface area (Å²) in [4.78, 5) is 39.8. The van der Waals surface area contributed by atoms with Gasteiger partial charge in [-0.1, -0.05) is 60.1 Å². The fourth-order valence-corrected chi connectivity index (χ4v) is 5.38. The number of para-hydroxylation sites is 1. The first-order valence-corrected chi connectivity index (χ1v) is 15.4. The van der Waals surface area contributed by atoms with E-state index in [-0.39, 0.29) is 23.9 Å². The first-order valence-electron chi connectivity index (χ1n) is 15.0. The van der Waals surface area contributed by atoms with Gasteiger partial charge < -0.3 is 31.5 Å². The van der Waals surface area contributed by atoms with E-state index in [0.717, 1.165) is 41.9 Å². The number of benzene rings is 4. The Morgan fingerprint density at radius 1 is 0.800 bits per heavy atom. The first kappa shape index (κ1) is 31.6. The fourth-order valence-electron chi connectivity index (χ4n) is 5.25. The SMILES string of the molecule is Nc1cccc(N2CCCC2=O)c1.O=C(NCc1ccc(Cl)cc1)Nc1ccc(CNC2CCN(c3ccccc3)C2=O)cc1. The molecule has 2 saturated heterocycles. The van der Waals surface area contributed by atoms with Crippen LogP contribution in [0.3, 0.4) is 0 Å². The number of nitrogens with two attached hydrogens (primary N) is 1. The number of halogens is 1. The largest absolute Gasteiger partial charge is 0.399 e. The molecule has 0 bridgehead atoms. The Kier molecular flexibility index (Phi) is 10.7. The highest BCUT2D eigenvalue weighted by Gasteiger charge is 2.31. The van der Waals surface area contributed by atoms with E-state index >= 15 is 0 Å². The molecule has 4 aromatic rings. The minimum Gasteiger partial charge on any atom is -0.399 e. The van der Waals surface area contributed by atoms with Gasteiger partial charge in [-0.3, -0.25) is 9.59 Å². The molecule has 0 saturated carbocycles. The Bertz CT molecular complexity index is 1600. The number of hydrogen-bond donors (Lipinski definition) is 4. The molecule has 1 unspecified atom stereocenters. The summed E-state index contributed by atoms with van der Waals surface area (Å²) in [6, 6.07) is 31.6. The van der Waals surface area contributed by atoms with E-state index in [1.54, 1.807) is 17.0 Å². The van der Waals surface area contributed by atoms with E-state index in [1.165, 1.54) is 0 Å². The van der Waals surface area contributed by atoms with Gasteiger partial charge in [-0.05, 0) is 78.6 Å². The molecule has 232 valence electrons. The third-order valence-corrected chi connectivity index (χ3v) is 7.91. The molecule has 2 aliphatic heterocycles. The van der Waals surface area contributed by atoms with Gasteiger partial charge in [-0.15, -0.1) is 0 Å². The van der Waals surface area contributed by atoms with Crippen molar-refractivity contribution in [1.29, 1.82) is 0 Å². The van der Waals surface area contributed by atoms with E-state index in [0.29, 0.717) is 42.5 Å². The maximum atomic E-state index is 12.7. The van der Waals surface area contributed by atoms with E-state index in [2.05, 4.69) is 16.0 Å². The number of rotatable bonds is 8. The van der Waals surface area contributed by atoms with Crippen LogP contribution < -0.4 is 31.5 Å². The van der Waals surface area contributed by atoms with Gasteiger partial charge in [-0.2, -0.15) is 0 Å². The molecule has 4 aromatic carbocycles. The van der Waals surface area contributed by atoms with Crippen molar-refractivity contribution < 1.29 is 14.4 Å². The van der Waals surface area contributed by atoms with Crippen LogP contribution in [0.1, 0.15) is 30.4 Å². The van der Waals surface area contributed by atoms with Crippen molar-refractivity contribution in [2.75, 3.05) is 33.9 Å². The van der Waals surface area contributed by atoms with E-state index in [1.807, 2.05) is 95.9 Å². The van der Waals surface area contributed by atoms with E-state index in [9.17, 15) is 14.4 Å². The number of nitrogens with one attached hydrogen (secondary N) is 3. The zero-order valence-corrected chi connectivity index (χ0v) is 25.7. The van der Waals surface area contributed by atoms with Crippen molar-refractivity contribution in [3.05, 3.63) is 119 Å². The number of carbonyl (C=O) groups is 3. The second-order valence-electron chi connectivity index (χ2n) is 10.9. The molecule has 10 heteroatoms. The van der Waals surface area contributed by atoms with Crippen LogP contribution in [-0.4, -0.2) is 37.0 Å². The number of anilines is 4. The van der Waals surface area contributed by atoms with Crippen molar-refractivity contribution in [3.8, 4) is 0 Å². The van der Waals surface area contributed by atoms with Crippen LogP contribution in [-0.2, 0) is 22.7 Å². The lowest BCUT2D eigenvalue weighted by Gasteiger charge is -2.17. The van der Waals surface area contributed by atoms with Gasteiger partial charge in [0.25, 0.3) is 0 Å². The molecule has 9 nitrogen and oxygen atoms in total. The number of urea groups is 1. The molecule has 2 fully saturated rings. The van der Waals surface area contributed by atoms with Crippen molar-refractivity contribution in [2.24, 2.45) is 0 Å². The zero-order chi connectivity index (χ0) is 31.6. The molecule has 6 rings (SSSR count). The van der Waals surface area contributed by atoms with Crippen molar-refractivity contribution in [1.82, 2.24) is 10.6 Å². The standard InChI is InChI=1S/C25H25ClN4O2.C10H12N2O/c26-20-10-6-18(7-11-20)17-28-25(32)29-21-12-8-19(9-13-21)16-27-23-14-15-30(24(23)31)22-4-2-1-3-5-22;11-8-3-1-4-9(7-8)12-6-2-5-10(12)13/h1-13,23,27H,14-17H2,(H2,28,29,32);1,3-4,7H,2,5-6,11H2. The predicted molar refractivity (Wildman–Crippen MR) is 180 cm³/mol. The predicted octanol–water partition coefficient (Wildman–Crippen LogP) is 5.95. The lowest BCUT2D eigenvalue weighted by molar-refractivity contribution is -0.119. The lowest BCUT2D eigenvalue weighted by atomic mass is 10.2. The quantitative estimate of drug-likeness (QED) is 0.181. The number of nitrogens with zero attached hydrogens (tertiary/aromatic N) is 2. The van der Waals surface area contributed by atoms with Crippen LogP contribution in [0.2, 0.25) is 5.02 Å². The van der Waals surface area contributed by atoms with Crippen molar-refractivity contribution in [3.63, 3.8) is 0 Å². The third kappa shape index (κ3) is 8.84. The molecule has 0 spiro atoms. The van der Waals surface area contributed by atoms with Gasteiger partial charge in [0, 0.05) is 60.4 Å². The summed E-state index contributed by atoms with van der Waals surface area (Å²) in [5.74, 6) is 0.303. The second-order valence-corrected chi connectivity index (χ2v) is 11.4. The number of amides is 4. The van der Waals surface area contributed by atoms with Gasteiger partial charge in [-0.25, -0.2) is 4.79 Å². The molecular weight excluding hydrogens is 588 g/mol. The highest BCUT2D eigenvalue weighted by atomic mass is 35.5. The van der Waals surface area contributed by atoms with Crippen LogP contribution in [0.5, 0.6) is 0 Å². The molecule has 4 amide bonds. The normalized spacial score (nSPS) is 15.9. The Morgan fingerprint density at radius 3 is 2.18 bits per heavy atom. The monoisotopic (exact) mass is 624 g/mol. The summed E-state index contributed by atoms with van der Waals surface area (Å²) in [6.07, 6.45) is 2.39. The minimum absolute atomic E-state index is 0.104. The lowest BCUT2D eigenvalue weighted by Crippen LogP contribution is -2.37. The zero-order valence-electron chi connectivity index (χ0n) is 24.9. The molecular formula is C35H37ClN6O3. The molecule has 0 radical (unpaired) electrons. The Labute approximate surface area is 268 Å². The third-order valence-electron chi connectivity index (χ3n) is 7.66. The van der Waals surface area contributed by atoms with Crippen LogP contribution in [0.15, 0.2) is 103 Å². The Balaban J connectivity index is 0.000000256. The second kappa shape index (κ2) is 15.2. The number of carbonyl (C=O) groups excluding carboxylic acids is 3. The summed E-state index contributed by atoms with van der Waals surface area (Å²) in [5.41, 5.74) is 10.9. The average molecular weight is 625 g/mol. The molecule has 2 aliphatic rings. The van der Waals surface area contributed by atoms with Gasteiger partial charge in [0.05, 0.1) is 6.04 Å². The van der Waals surface area contributed by atoms with E-state index < -0.39 is 0 Å². The molecule has 0 aromatic heterocycles. The maximum absolute atomic E-state index is 12.7. The van der Waals surface area contributed by atoms with Crippen LogP contribution in [0.4, 0.5) is 27.5 Å². The highest BCUT2D eigenvalue weighted by Crippen LogP contribution is 2.23. The maximum Gasteiger partial charge on any atom is 0.319 e. The van der Waals surface area contributed by atoms with Gasteiger partial charge >= 0.3 is 6.03 Å². The summed E-state index contributed by atoms with van der Waals surface area (Å²) < 4.78 is 0. The summed E-state index contributed by atoms with van der Waals surface area (Å²) in [5, 5.41) is 9.66. The van der Waals surface area contributed by atoms with E-state index in [4.69, 9.17) is 17.3 Å². The number of nitrogen functional groups attached to an aromatic ring is 1. The smallest absolute Gasteiger partial charge is 0.319 e. The highest BCUT2D eigenvalue weighted by molar-refractivity contribution is 6.30. The minimum atomic E-state index is -0.275. The van der Waals surface area contributed by atoms with Gasteiger partial charge in [0.1, 0.15) is 0 Å². The molecule has 0 aliphatic carbocycles. The molecule has 45 heavy (non-hydrogen) atoms. The van der Waals surface area contributed by atoms with Crippen molar-refractivity contribution in [2.45, 2.75) is 38.4 Å². The summed E-state index contributed by atoms with van der Waals surface area (Å²) in [7, 11) is 0. The average Bonchev–Trinajstić information content (AvgIpc) is 3.66. The molecule has 1 atom stereocenters. The molecule has 5 N–H and O–H groups in total. The van der Waals surface area contributed by atoms with Gasteiger partial charge in [0.15, 0.2) is 0 Å². The Hall–Kier alpha value is -4.86. The fraction of sp³-hybridized carbons (Fsp3) is 0.229. The summed E-state index contributed by atoms with van der Waals surface area (Å²) >= 11 is 5.87. The molecule has 2 heterocycles. The topological polar surface area (TPSA) is 120 Å². The Morgan fingerprint density at radius 2 is 1.49 bits per heavy atom. The summed E-state index contributed by atoms with van der Waals surface area (Å²) in [6.45, 7) is 2.54. The van der Waals surface area contributed by atoms with Crippen LogP contribution in [0, 0.1) is 0 Å². The van der Waals surface area contributed by atoms with Crippen LogP contribution in [0.25, 0.3) is 0 Å². The van der Waals surface area contributed by atoms with Crippen LogP contribution >= 0.6 is 11.6 Å². The number of hydrogen-bond acceptors (Lipinski definition) is 5. The first-order chi connectivity index (χ1) is 21.9. The van der Waals surface area contributed by atoms with Gasteiger partial charge in [0.2, 0.25) is 11.8 Å². The van der Waals surface area contributed by atoms with Crippen molar-refractivity contribution >= 4 is 52.2 Å².